The van der Waals surface area contributed by atoms with Gasteiger partial charge in [0, 0.05) is 24.2 Å². The van der Waals surface area contributed by atoms with E-state index in [9.17, 15) is 5.11 Å². The Balaban J connectivity index is 1.85. The lowest BCUT2D eigenvalue weighted by Crippen LogP contribution is -2.33. The van der Waals surface area contributed by atoms with Gasteiger partial charge in [-0.25, -0.2) is 0 Å². The summed E-state index contributed by atoms with van der Waals surface area (Å²) < 4.78 is 0. The summed E-state index contributed by atoms with van der Waals surface area (Å²) in [5.74, 6) is 0. The van der Waals surface area contributed by atoms with Crippen molar-refractivity contribution in [3.05, 3.63) is 77.6 Å². The molecule has 0 amide bonds. The Bertz CT molecular complexity index is 806. The number of fused-ring (bicyclic) bond motifs is 2. The maximum Gasteiger partial charge on any atom is 0.0946 e. The molecule has 1 N–H and O–H groups in total. The lowest BCUT2D eigenvalue weighted by Gasteiger charge is -2.34. The summed E-state index contributed by atoms with van der Waals surface area (Å²) >= 11 is 0. The molecule has 2 aromatic carbocycles. The second-order valence-electron chi connectivity index (χ2n) is 5.88. The zero-order chi connectivity index (χ0) is 14.3. The van der Waals surface area contributed by atoms with Gasteiger partial charge >= 0.3 is 0 Å². The zero-order valence-electron chi connectivity index (χ0n) is 11.8. The molecular weight excluding hydrogens is 258 g/mol. The van der Waals surface area contributed by atoms with Crippen LogP contribution in [0.15, 0.2) is 60.9 Å². The quantitative estimate of drug-likeness (QED) is 0.736. The molecule has 0 saturated heterocycles. The number of hydrogen-bond acceptors (Lipinski definition) is 2. The van der Waals surface area contributed by atoms with Crippen LogP contribution in [0.3, 0.4) is 0 Å². The van der Waals surface area contributed by atoms with Gasteiger partial charge in [-0.2, -0.15) is 0 Å². The summed E-state index contributed by atoms with van der Waals surface area (Å²) in [5.41, 5.74) is 2.87. The van der Waals surface area contributed by atoms with Crippen LogP contribution in [0, 0.1) is 0 Å². The number of aryl methyl sites for hydroxylation is 1. The largest absolute Gasteiger partial charge is 0.385 e. The lowest BCUT2D eigenvalue weighted by molar-refractivity contribution is 0.0237. The molecule has 0 radical (unpaired) electrons. The first-order valence-electron chi connectivity index (χ1n) is 7.39. The molecule has 1 aliphatic carbocycles. The first kappa shape index (κ1) is 12.5. The fourth-order valence-corrected chi connectivity index (χ4v) is 3.48. The van der Waals surface area contributed by atoms with Crippen LogP contribution in [-0.2, 0) is 18.4 Å². The SMILES string of the molecule is OC1(c2cccc3cnccc23)CCc2ccccc2C1. The fourth-order valence-electron chi connectivity index (χ4n) is 3.48. The molecule has 1 aliphatic rings. The highest BCUT2D eigenvalue weighted by Crippen LogP contribution is 2.39. The van der Waals surface area contributed by atoms with Gasteiger partial charge in [-0.15, -0.1) is 0 Å². The molecule has 21 heavy (non-hydrogen) atoms. The number of pyridine rings is 1. The number of aromatic nitrogens is 1. The Morgan fingerprint density at radius 1 is 0.952 bits per heavy atom. The van der Waals surface area contributed by atoms with Crippen LogP contribution in [0.5, 0.6) is 0 Å². The molecule has 104 valence electrons. The molecule has 1 aromatic heterocycles. The minimum Gasteiger partial charge on any atom is -0.385 e. The molecule has 0 saturated carbocycles. The highest BCUT2D eigenvalue weighted by Gasteiger charge is 2.34. The normalized spacial score (nSPS) is 21.2. The van der Waals surface area contributed by atoms with Crippen molar-refractivity contribution in [2.45, 2.75) is 24.9 Å². The molecule has 0 fully saturated rings. The first-order valence-corrected chi connectivity index (χ1v) is 7.39. The van der Waals surface area contributed by atoms with E-state index in [4.69, 9.17) is 0 Å². The minimum atomic E-state index is -0.783. The molecule has 2 nitrogen and oxygen atoms in total. The van der Waals surface area contributed by atoms with Gasteiger partial charge in [-0.05, 0) is 41.0 Å². The van der Waals surface area contributed by atoms with Crippen molar-refractivity contribution < 1.29 is 5.11 Å². The smallest absolute Gasteiger partial charge is 0.0946 e. The van der Waals surface area contributed by atoms with Gasteiger partial charge < -0.3 is 5.11 Å². The fraction of sp³-hybridized carbons (Fsp3) is 0.211. The number of hydrogen-bond donors (Lipinski definition) is 1. The van der Waals surface area contributed by atoms with E-state index < -0.39 is 5.60 Å². The maximum atomic E-state index is 11.3. The average molecular weight is 275 g/mol. The van der Waals surface area contributed by atoms with Gasteiger partial charge in [-0.1, -0.05) is 42.5 Å². The van der Waals surface area contributed by atoms with Crippen LogP contribution in [0.4, 0.5) is 0 Å². The summed E-state index contributed by atoms with van der Waals surface area (Å²) in [6, 6.07) is 16.5. The van der Waals surface area contributed by atoms with Crippen LogP contribution < -0.4 is 0 Å². The third kappa shape index (κ3) is 2.03. The van der Waals surface area contributed by atoms with Gasteiger partial charge in [0.2, 0.25) is 0 Å². The second kappa shape index (κ2) is 4.68. The van der Waals surface area contributed by atoms with Gasteiger partial charge in [0.1, 0.15) is 0 Å². The van der Waals surface area contributed by atoms with Gasteiger partial charge in [-0.3, -0.25) is 4.98 Å². The van der Waals surface area contributed by atoms with Gasteiger partial charge in [0.15, 0.2) is 0 Å². The van der Waals surface area contributed by atoms with Crippen molar-refractivity contribution >= 4 is 10.8 Å². The number of nitrogens with zero attached hydrogens (tertiary/aromatic N) is 1. The van der Waals surface area contributed by atoms with Crippen molar-refractivity contribution in [1.82, 2.24) is 4.98 Å². The van der Waals surface area contributed by atoms with Crippen LogP contribution >= 0.6 is 0 Å². The number of benzene rings is 2. The molecule has 4 rings (SSSR count). The van der Waals surface area contributed by atoms with E-state index in [1.807, 2.05) is 24.4 Å². The van der Waals surface area contributed by atoms with Crippen LogP contribution in [0.25, 0.3) is 10.8 Å². The summed E-state index contributed by atoms with van der Waals surface area (Å²) in [7, 11) is 0. The lowest BCUT2D eigenvalue weighted by atomic mass is 9.75. The Labute approximate surface area is 124 Å². The van der Waals surface area contributed by atoms with Crippen LogP contribution in [0.2, 0.25) is 0 Å². The molecule has 0 aliphatic heterocycles. The monoisotopic (exact) mass is 275 g/mol. The van der Waals surface area contributed by atoms with E-state index >= 15 is 0 Å². The molecule has 1 heterocycles. The summed E-state index contributed by atoms with van der Waals surface area (Å²) in [6.07, 6.45) is 6.04. The highest BCUT2D eigenvalue weighted by atomic mass is 16.3. The first-order chi connectivity index (χ1) is 10.3. The van der Waals surface area contributed by atoms with Crippen LogP contribution in [0.1, 0.15) is 23.1 Å². The Hall–Kier alpha value is -2.19. The van der Waals surface area contributed by atoms with Crippen molar-refractivity contribution in [2.24, 2.45) is 0 Å². The molecule has 0 spiro atoms. The van der Waals surface area contributed by atoms with E-state index in [2.05, 4.69) is 35.3 Å². The number of aliphatic hydroxyl groups is 1. The Morgan fingerprint density at radius 2 is 1.81 bits per heavy atom. The second-order valence-corrected chi connectivity index (χ2v) is 5.88. The van der Waals surface area contributed by atoms with Gasteiger partial charge in [0.25, 0.3) is 0 Å². The molecular formula is C19H17NO. The van der Waals surface area contributed by atoms with E-state index in [0.29, 0.717) is 6.42 Å². The standard InChI is InChI=1S/C19H17NO/c21-19(10-8-14-4-1-2-5-15(14)12-19)18-7-3-6-16-13-20-11-9-17(16)18/h1-7,9,11,13,21H,8,10,12H2. The maximum absolute atomic E-state index is 11.3. The van der Waals surface area contributed by atoms with Crippen LogP contribution in [-0.4, -0.2) is 10.1 Å². The summed E-state index contributed by atoms with van der Waals surface area (Å²) in [6.45, 7) is 0. The summed E-state index contributed by atoms with van der Waals surface area (Å²) in [5, 5.41) is 13.5. The van der Waals surface area contributed by atoms with Crippen molar-refractivity contribution in [2.75, 3.05) is 0 Å². The zero-order valence-corrected chi connectivity index (χ0v) is 11.8. The topological polar surface area (TPSA) is 33.1 Å². The van der Waals surface area contributed by atoms with E-state index in [-0.39, 0.29) is 0 Å². The summed E-state index contributed by atoms with van der Waals surface area (Å²) in [4.78, 5) is 4.18. The third-order valence-electron chi connectivity index (χ3n) is 4.59. The third-order valence-corrected chi connectivity index (χ3v) is 4.59. The van der Waals surface area contributed by atoms with E-state index in [1.165, 1.54) is 11.1 Å². The molecule has 1 unspecified atom stereocenters. The molecule has 2 heteroatoms. The average Bonchev–Trinajstić information content (AvgIpc) is 2.54. The van der Waals surface area contributed by atoms with E-state index in [0.717, 1.165) is 29.2 Å². The molecule has 0 bridgehead atoms. The Morgan fingerprint density at radius 3 is 2.71 bits per heavy atom. The predicted molar refractivity (Wildman–Crippen MR) is 84.1 cm³/mol. The number of rotatable bonds is 1. The molecule has 1 atom stereocenters. The predicted octanol–water partition coefficient (Wildman–Crippen LogP) is 3.61. The van der Waals surface area contributed by atoms with Crippen molar-refractivity contribution in [3.8, 4) is 0 Å². The van der Waals surface area contributed by atoms with E-state index in [1.54, 1.807) is 6.20 Å². The highest BCUT2D eigenvalue weighted by molar-refractivity contribution is 5.85. The van der Waals surface area contributed by atoms with Gasteiger partial charge in [0.05, 0.1) is 5.60 Å². The molecule has 3 aromatic rings. The Kier molecular flexibility index (Phi) is 2.79. The minimum absolute atomic E-state index is 0.685. The van der Waals surface area contributed by atoms with Crippen molar-refractivity contribution in [1.29, 1.82) is 0 Å². The van der Waals surface area contributed by atoms with Crippen molar-refractivity contribution in [3.63, 3.8) is 0 Å².